The number of hydrogen-bond acceptors (Lipinski definition) is 6. The molecule has 0 bridgehead atoms. The summed E-state index contributed by atoms with van der Waals surface area (Å²) >= 11 is 1.31. The molecule has 0 aromatic heterocycles. The van der Waals surface area contributed by atoms with Crippen LogP contribution in [-0.4, -0.2) is 43.0 Å². The Morgan fingerprint density at radius 2 is 1.52 bits per heavy atom. The van der Waals surface area contributed by atoms with Gasteiger partial charge >= 0.3 is 0 Å². The molecule has 1 atom stereocenters. The number of benzene rings is 4. The van der Waals surface area contributed by atoms with Gasteiger partial charge in [0.05, 0.1) is 10.9 Å². The fraction of sp³-hybridized carbons (Fsp3) is 0.143. The highest BCUT2D eigenvalue weighted by Gasteiger charge is 2.40. The quantitative estimate of drug-likeness (QED) is 0.183. The van der Waals surface area contributed by atoms with E-state index < -0.39 is 17.1 Å². The number of carbonyl (C=O) groups is 4. The van der Waals surface area contributed by atoms with Crippen molar-refractivity contribution < 1.29 is 19.2 Å². The fourth-order valence-corrected chi connectivity index (χ4v) is 5.67. The van der Waals surface area contributed by atoms with Crippen LogP contribution in [0.15, 0.2) is 114 Å². The molecule has 1 fully saturated rings. The summed E-state index contributed by atoms with van der Waals surface area (Å²) in [5.74, 6) is -1.37. The van der Waals surface area contributed by atoms with Gasteiger partial charge in [-0.25, -0.2) is 4.90 Å². The summed E-state index contributed by atoms with van der Waals surface area (Å²) in [7, 11) is 3.89. The van der Waals surface area contributed by atoms with Gasteiger partial charge < -0.3 is 15.5 Å². The lowest BCUT2D eigenvalue weighted by molar-refractivity contribution is -0.121. The van der Waals surface area contributed by atoms with Crippen LogP contribution in [0, 0.1) is 6.92 Å². The molecule has 44 heavy (non-hydrogen) atoms. The summed E-state index contributed by atoms with van der Waals surface area (Å²) in [6.07, 6.45) is 1.74. The third-order valence-corrected chi connectivity index (χ3v) is 8.23. The first kappa shape index (κ1) is 30.3. The number of hydrogen-bond donors (Lipinski definition) is 2. The Morgan fingerprint density at radius 1 is 0.864 bits per heavy atom. The zero-order valence-electron chi connectivity index (χ0n) is 24.6. The Labute approximate surface area is 260 Å². The standard InChI is InChI=1S/C35H32N4O4S/c1-23-9-15-28(16-10-23)39-32(40)22-31(35(39)43)44-29-19-13-26(14-20-29)36-34(42)30(37-33(41)25-7-5-4-6-8-25)21-24-11-17-27(18-12-24)38(2)3/h4-21,31H,22H2,1-3H3,(H,36,42)(H,37,41)/b30-21-. The van der Waals surface area contributed by atoms with Crippen LogP contribution in [-0.2, 0) is 14.4 Å². The predicted molar refractivity (Wildman–Crippen MR) is 176 cm³/mol. The smallest absolute Gasteiger partial charge is 0.272 e. The molecule has 4 amide bonds. The van der Waals surface area contributed by atoms with E-state index in [-0.39, 0.29) is 23.9 Å². The number of nitrogens with one attached hydrogen (secondary N) is 2. The highest BCUT2D eigenvalue weighted by Crippen LogP contribution is 2.34. The van der Waals surface area contributed by atoms with Gasteiger partial charge in [-0.1, -0.05) is 48.0 Å². The molecule has 0 aliphatic carbocycles. The van der Waals surface area contributed by atoms with Crippen molar-refractivity contribution >= 4 is 58.5 Å². The number of rotatable bonds is 9. The van der Waals surface area contributed by atoms with E-state index in [2.05, 4.69) is 10.6 Å². The van der Waals surface area contributed by atoms with E-state index >= 15 is 0 Å². The summed E-state index contributed by atoms with van der Waals surface area (Å²) in [4.78, 5) is 56.1. The Morgan fingerprint density at radius 3 is 2.16 bits per heavy atom. The van der Waals surface area contributed by atoms with Gasteiger partial charge in [-0.05, 0) is 79.2 Å². The minimum absolute atomic E-state index is 0.0844. The van der Waals surface area contributed by atoms with Gasteiger partial charge in [-0.2, -0.15) is 0 Å². The second-order valence-corrected chi connectivity index (χ2v) is 11.8. The van der Waals surface area contributed by atoms with Crippen molar-refractivity contribution in [2.45, 2.75) is 23.5 Å². The van der Waals surface area contributed by atoms with E-state index in [4.69, 9.17) is 0 Å². The zero-order chi connectivity index (χ0) is 31.2. The Bertz CT molecular complexity index is 1700. The predicted octanol–water partition coefficient (Wildman–Crippen LogP) is 5.89. The lowest BCUT2D eigenvalue weighted by atomic mass is 10.1. The van der Waals surface area contributed by atoms with Crippen molar-refractivity contribution in [3.05, 3.63) is 126 Å². The Balaban J connectivity index is 1.28. The van der Waals surface area contributed by atoms with Gasteiger partial charge in [0.2, 0.25) is 11.8 Å². The first-order chi connectivity index (χ1) is 21.2. The lowest BCUT2D eigenvalue weighted by Gasteiger charge is -2.15. The largest absolute Gasteiger partial charge is 0.378 e. The zero-order valence-corrected chi connectivity index (χ0v) is 25.4. The Kier molecular flexibility index (Phi) is 9.26. The van der Waals surface area contributed by atoms with Crippen LogP contribution in [0.25, 0.3) is 6.08 Å². The van der Waals surface area contributed by atoms with Gasteiger partial charge in [0.15, 0.2) is 0 Å². The van der Waals surface area contributed by atoms with Crippen LogP contribution in [0.2, 0.25) is 0 Å². The molecule has 222 valence electrons. The van der Waals surface area contributed by atoms with Crippen LogP contribution in [0.5, 0.6) is 0 Å². The summed E-state index contributed by atoms with van der Waals surface area (Å²) in [5.41, 5.74) is 4.39. The molecule has 4 aromatic rings. The van der Waals surface area contributed by atoms with E-state index in [9.17, 15) is 19.2 Å². The van der Waals surface area contributed by atoms with E-state index in [1.54, 1.807) is 66.7 Å². The fourth-order valence-electron chi connectivity index (χ4n) is 4.62. The topological polar surface area (TPSA) is 98.8 Å². The number of anilines is 3. The van der Waals surface area contributed by atoms with Crippen molar-refractivity contribution in [1.29, 1.82) is 0 Å². The van der Waals surface area contributed by atoms with Crippen molar-refractivity contribution in [1.82, 2.24) is 5.32 Å². The normalized spacial score (nSPS) is 14.8. The van der Waals surface area contributed by atoms with Gasteiger partial charge in [0.1, 0.15) is 5.70 Å². The molecule has 1 heterocycles. The van der Waals surface area contributed by atoms with Crippen LogP contribution in [0.4, 0.5) is 17.1 Å². The number of nitrogens with zero attached hydrogens (tertiary/aromatic N) is 2. The van der Waals surface area contributed by atoms with Crippen LogP contribution < -0.4 is 20.4 Å². The Hall–Kier alpha value is -5.15. The molecule has 0 saturated carbocycles. The summed E-state index contributed by atoms with van der Waals surface area (Å²) in [5, 5.41) is 5.06. The monoisotopic (exact) mass is 604 g/mol. The average molecular weight is 605 g/mol. The van der Waals surface area contributed by atoms with E-state index in [0.29, 0.717) is 16.9 Å². The minimum Gasteiger partial charge on any atom is -0.378 e. The first-order valence-electron chi connectivity index (χ1n) is 14.0. The highest BCUT2D eigenvalue weighted by atomic mass is 32.2. The molecule has 0 spiro atoms. The first-order valence-corrected chi connectivity index (χ1v) is 14.9. The van der Waals surface area contributed by atoms with Gasteiger partial charge in [-0.15, -0.1) is 11.8 Å². The second-order valence-electron chi connectivity index (χ2n) is 10.6. The third-order valence-electron chi connectivity index (χ3n) is 7.04. The number of imide groups is 1. The van der Waals surface area contributed by atoms with Crippen molar-refractivity contribution in [3.63, 3.8) is 0 Å². The number of amides is 4. The molecule has 9 heteroatoms. The summed E-state index contributed by atoms with van der Waals surface area (Å²) < 4.78 is 0. The highest BCUT2D eigenvalue weighted by molar-refractivity contribution is 8.00. The van der Waals surface area contributed by atoms with Gasteiger partial charge in [-0.3, -0.25) is 19.2 Å². The molecular weight excluding hydrogens is 572 g/mol. The van der Waals surface area contributed by atoms with Crippen LogP contribution >= 0.6 is 11.8 Å². The maximum absolute atomic E-state index is 13.4. The molecular formula is C35H32N4O4S. The molecule has 1 saturated heterocycles. The SMILES string of the molecule is Cc1ccc(N2C(=O)CC(Sc3ccc(NC(=O)/C(=C/c4ccc(N(C)C)cc4)NC(=O)c4ccccc4)cc3)C2=O)cc1. The van der Waals surface area contributed by atoms with E-state index in [1.165, 1.54) is 16.7 Å². The number of aryl methyl sites for hydroxylation is 1. The maximum atomic E-state index is 13.4. The molecule has 2 N–H and O–H groups in total. The van der Waals surface area contributed by atoms with Crippen LogP contribution in [0.1, 0.15) is 27.9 Å². The summed E-state index contributed by atoms with van der Waals surface area (Å²) in [6, 6.07) is 30.6. The van der Waals surface area contributed by atoms with Gasteiger partial charge in [0.25, 0.3) is 11.8 Å². The molecule has 1 aliphatic heterocycles. The molecule has 5 rings (SSSR count). The minimum atomic E-state index is -0.536. The molecule has 4 aromatic carbocycles. The second kappa shape index (κ2) is 13.4. The average Bonchev–Trinajstić information content (AvgIpc) is 3.30. The van der Waals surface area contributed by atoms with E-state index in [1.807, 2.05) is 68.4 Å². The molecule has 0 radical (unpaired) electrons. The molecule has 1 unspecified atom stereocenters. The lowest BCUT2D eigenvalue weighted by Crippen LogP contribution is -2.31. The molecule has 8 nitrogen and oxygen atoms in total. The van der Waals surface area contributed by atoms with E-state index in [0.717, 1.165) is 21.7 Å². The van der Waals surface area contributed by atoms with Crippen molar-refractivity contribution in [2.24, 2.45) is 0 Å². The van der Waals surface area contributed by atoms with Crippen molar-refractivity contribution in [3.8, 4) is 0 Å². The summed E-state index contributed by atoms with van der Waals surface area (Å²) in [6.45, 7) is 1.95. The third kappa shape index (κ3) is 7.25. The van der Waals surface area contributed by atoms with Gasteiger partial charge in [0, 0.05) is 42.3 Å². The van der Waals surface area contributed by atoms with Crippen molar-refractivity contribution in [2.75, 3.05) is 29.2 Å². The maximum Gasteiger partial charge on any atom is 0.272 e. The number of carbonyl (C=O) groups excluding carboxylic acids is 4. The van der Waals surface area contributed by atoms with Crippen LogP contribution in [0.3, 0.4) is 0 Å². The number of thioether (sulfide) groups is 1. The molecule has 1 aliphatic rings.